The average Bonchev–Trinajstić information content (AvgIpc) is 3.49. The molecule has 1 aromatic heterocycles. The van der Waals surface area contributed by atoms with Crippen molar-refractivity contribution in [3.05, 3.63) is 95.8 Å². The smallest absolute Gasteiger partial charge is 0.305 e. The molecule has 246 valence electrons. The molecule has 3 aromatic rings. The lowest BCUT2D eigenvalue weighted by Gasteiger charge is -2.38. The maximum atomic E-state index is 13.8. The van der Waals surface area contributed by atoms with Gasteiger partial charge in [0.25, 0.3) is 0 Å². The fourth-order valence-electron chi connectivity index (χ4n) is 6.44. The summed E-state index contributed by atoms with van der Waals surface area (Å²) in [5.41, 5.74) is 8.66. The summed E-state index contributed by atoms with van der Waals surface area (Å²) in [5.74, 6) is -2.68. The lowest BCUT2D eigenvalue weighted by atomic mass is 9.97. The van der Waals surface area contributed by atoms with E-state index in [1.807, 2.05) is 30.3 Å². The molecule has 0 spiro atoms. The van der Waals surface area contributed by atoms with Gasteiger partial charge in [-0.3, -0.25) is 29.0 Å². The molecule has 5 rings (SSSR count). The van der Waals surface area contributed by atoms with Crippen molar-refractivity contribution >= 4 is 35.3 Å². The molecule has 0 bridgehead atoms. The molecule has 0 aliphatic carbocycles. The molecule has 0 radical (unpaired) electrons. The summed E-state index contributed by atoms with van der Waals surface area (Å²) in [6.07, 6.45) is 5.57. The summed E-state index contributed by atoms with van der Waals surface area (Å²) in [4.78, 5) is 71.3. The van der Waals surface area contributed by atoms with Gasteiger partial charge in [-0.1, -0.05) is 48.5 Å². The number of carboxylic acid groups (broad SMARTS) is 1. The van der Waals surface area contributed by atoms with E-state index in [9.17, 15) is 29.1 Å². The SMILES string of the molecule is Nc1ccc(CC(=O)N[C@H]2CC[C@H]3CC[C@@H](C(=O)N[C@@H](Cc4cccnc4)C(=O)N[C@H](CC(=O)O)Cc4ccccc4)N3C2=O)cc1. The molecule has 4 amide bonds. The van der Waals surface area contributed by atoms with E-state index >= 15 is 0 Å². The van der Waals surface area contributed by atoms with Gasteiger partial charge in [0.15, 0.2) is 0 Å². The number of aliphatic carboxylic acids is 1. The van der Waals surface area contributed by atoms with E-state index in [1.54, 1.807) is 53.7 Å². The predicted molar refractivity (Wildman–Crippen MR) is 174 cm³/mol. The molecule has 12 nitrogen and oxygen atoms in total. The van der Waals surface area contributed by atoms with Crippen molar-refractivity contribution in [2.24, 2.45) is 0 Å². The van der Waals surface area contributed by atoms with Crippen molar-refractivity contribution in [2.75, 3.05) is 5.73 Å². The first-order chi connectivity index (χ1) is 22.7. The van der Waals surface area contributed by atoms with Crippen molar-refractivity contribution in [3.8, 4) is 0 Å². The second-order valence-corrected chi connectivity index (χ2v) is 12.2. The van der Waals surface area contributed by atoms with Crippen LogP contribution in [0.25, 0.3) is 0 Å². The number of rotatable bonds is 13. The number of carboxylic acids is 1. The highest BCUT2D eigenvalue weighted by molar-refractivity contribution is 5.95. The molecule has 6 N–H and O–H groups in total. The number of pyridine rings is 1. The van der Waals surface area contributed by atoms with Gasteiger partial charge in [0.1, 0.15) is 18.1 Å². The number of hydrogen-bond donors (Lipinski definition) is 5. The summed E-state index contributed by atoms with van der Waals surface area (Å²) < 4.78 is 0. The van der Waals surface area contributed by atoms with Gasteiger partial charge in [-0.25, -0.2) is 0 Å². The van der Waals surface area contributed by atoms with Crippen LogP contribution in [-0.2, 0) is 43.2 Å². The summed E-state index contributed by atoms with van der Waals surface area (Å²) >= 11 is 0. The van der Waals surface area contributed by atoms with Crippen molar-refractivity contribution < 1.29 is 29.1 Å². The second kappa shape index (κ2) is 15.4. The number of nitrogens with two attached hydrogens (primary N) is 1. The highest BCUT2D eigenvalue weighted by Crippen LogP contribution is 2.33. The maximum Gasteiger partial charge on any atom is 0.305 e. The first-order valence-corrected chi connectivity index (χ1v) is 15.9. The van der Waals surface area contributed by atoms with E-state index in [1.165, 1.54) is 0 Å². The Balaban J connectivity index is 1.27. The third-order valence-corrected chi connectivity index (χ3v) is 8.71. The van der Waals surface area contributed by atoms with E-state index in [4.69, 9.17) is 5.73 Å². The Hall–Kier alpha value is -5.26. The third-order valence-electron chi connectivity index (χ3n) is 8.71. The normalized spacial score (nSPS) is 20.0. The van der Waals surface area contributed by atoms with E-state index in [0.717, 1.165) is 11.1 Å². The number of fused-ring (bicyclic) bond motifs is 1. The fraction of sp³-hybridized carbons (Fsp3) is 0.371. The number of hydrogen-bond acceptors (Lipinski definition) is 7. The van der Waals surface area contributed by atoms with E-state index in [2.05, 4.69) is 20.9 Å². The summed E-state index contributed by atoms with van der Waals surface area (Å²) in [6.45, 7) is 0. The average molecular weight is 641 g/mol. The molecule has 5 atom stereocenters. The minimum atomic E-state index is -1.06. The van der Waals surface area contributed by atoms with Gasteiger partial charge >= 0.3 is 5.97 Å². The van der Waals surface area contributed by atoms with Crippen LogP contribution in [0.15, 0.2) is 79.1 Å². The number of piperidine rings is 1. The Morgan fingerprint density at radius 3 is 2.30 bits per heavy atom. The van der Waals surface area contributed by atoms with Crippen molar-refractivity contribution in [1.29, 1.82) is 0 Å². The number of carbonyl (C=O) groups is 5. The van der Waals surface area contributed by atoms with Crippen molar-refractivity contribution in [2.45, 2.75) is 81.6 Å². The van der Waals surface area contributed by atoms with Crippen LogP contribution in [0.2, 0.25) is 0 Å². The zero-order valence-corrected chi connectivity index (χ0v) is 26.0. The first-order valence-electron chi connectivity index (χ1n) is 15.9. The first kappa shape index (κ1) is 33.1. The van der Waals surface area contributed by atoms with Gasteiger partial charge < -0.3 is 31.7 Å². The largest absolute Gasteiger partial charge is 0.481 e. The molecule has 12 heteroatoms. The van der Waals surface area contributed by atoms with Gasteiger partial charge in [0, 0.05) is 36.6 Å². The summed E-state index contributed by atoms with van der Waals surface area (Å²) in [6, 6.07) is 16.2. The maximum absolute atomic E-state index is 13.8. The van der Waals surface area contributed by atoms with Crippen LogP contribution < -0.4 is 21.7 Å². The highest BCUT2D eigenvalue weighted by Gasteiger charge is 2.46. The number of anilines is 1. The number of benzene rings is 2. The predicted octanol–water partition coefficient (Wildman–Crippen LogP) is 1.77. The molecule has 2 saturated heterocycles. The Kier molecular flexibility index (Phi) is 10.8. The van der Waals surface area contributed by atoms with Crippen LogP contribution in [0.3, 0.4) is 0 Å². The van der Waals surface area contributed by atoms with Crippen LogP contribution in [0.1, 0.15) is 48.8 Å². The van der Waals surface area contributed by atoms with Crippen molar-refractivity contribution in [1.82, 2.24) is 25.8 Å². The number of nitrogen functional groups attached to an aromatic ring is 1. The highest BCUT2D eigenvalue weighted by atomic mass is 16.4. The topological polar surface area (TPSA) is 184 Å². The summed E-state index contributed by atoms with van der Waals surface area (Å²) in [7, 11) is 0. The molecule has 0 saturated carbocycles. The number of nitrogens with one attached hydrogen (secondary N) is 3. The quantitative estimate of drug-likeness (QED) is 0.175. The van der Waals surface area contributed by atoms with Crippen LogP contribution in [0.5, 0.6) is 0 Å². The minimum Gasteiger partial charge on any atom is -0.481 e. The van der Waals surface area contributed by atoms with Gasteiger partial charge in [-0.15, -0.1) is 0 Å². The lowest BCUT2D eigenvalue weighted by Crippen LogP contribution is -2.60. The van der Waals surface area contributed by atoms with Crippen molar-refractivity contribution in [3.63, 3.8) is 0 Å². The number of aromatic nitrogens is 1. The zero-order valence-electron chi connectivity index (χ0n) is 26.0. The molecule has 47 heavy (non-hydrogen) atoms. The minimum absolute atomic E-state index is 0.0929. The fourth-order valence-corrected chi connectivity index (χ4v) is 6.44. The van der Waals surface area contributed by atoms with E-state index in [-0.39, 0.29) is 37.1 Å². The zero-order chi connectivity index (χ0) is 33.3. The number of amides is 4. The van der Waals surface area contributed by atoms with E-state index in [0.29, 0.717) is 43.4 Å². The van der Waals surface area contributed by atoms with Gasteiger partial charge in [-0.05, 0) is 67.0 Å². The van der Waals surface area contributed by atoms with Gasteiger partial charge in [-0.2, -0.15) is 0 Å². The lowest BCUT2D eigenvalue weighted by molar-refractivity contribution is -0.146. The Morgan fingerprint density at radius 1 is 0.872 bits per heavy atom. The molecule has 2 fully saturated rings. The standard InChI is InChI=1S/C35H40N6O6/c36-25-10-8-23(9-11-25)19-31(42)39-28-14-12-27-13-15-30(41(27)35(28)47)34(46)40-29(18-24-7-4-16-37-21-24)33(45)38-26(20-32(43)44)17-22-5-2-1-3-6-22/h1-11,16,21,26-30H,12-15,17-20,36H2,(H,38,45)(H,39,42)(H,40,46)(H,43,44)/t26-,27-,28-,29-,30-/m0/s1. The second-order valence-electron chi connectivity index (χ2n) is 12.2. The van der Waals surface area contributed by atoms with Crippen LogP contribution in [-0.4, -0.2) is 74.8 Å². The van der Waals surface area contributed by atoms with Crippen LogP contribution in [0, 0.1) is 0 Å². The molecule has 3 heterocycles. The molecule has 2 aliphatic heterocycles. The van der Waals surface area contributed by atoms with E-state index < -0.39 is 42.0 Å². The molecular weight excluding hydrogens is 600 g/mol. The molecule has 0 unspecified atom stereocenters. The third kappa shape index (κ3) is 8.93. The van der Waals surface area contributed by atoms with Gasteiger partial charge in [0.05, 0.1) is 12.8 Å². The van der Waals surface area contributed by atoms with Crippen LogP contribution >= 0.6 is 0 Å². The Bertz CT molecular complexity index is 1570. The number of carbonyl (C=O) groups excluding carboxylic acids is 4. The molecule has 2 aromatic carbocycles. The Morgan fingerprint density at radius 2 is 1.60 bits per heavy atom. The van der Waals surface area contributed by atoms with Crippen LogP contribution in [0.4, 0.5) is 5.69 Å². The summed E-state index contributed by atoms with van der Waals surface area (Å²) in [5, 5.41) is 18.1. The monoisotopic (exact) mass is 640 g/mol. The molecular formula is C35H40N6O6. The number of nitrogens with zero attached hydrogens (tertiary/aromatic N) is 2. The Labute approximate surface area is 273 Å². The molecule has 2 aliphatic rings. The van der Waals surface area contributed by atoms with Gasteiger partial charge in [0.2, 0.25) is 23.6 Å².